The Morgan fingerprint density at radius 1 is 1.00 bits per heavy atom. The molecule has 1 heterocycles. The molecule has 0 saturated heterocycles. The van der Waals surface area contributed by atoms with Crippen molar-refractivity contribution in [3.8, 4) is 5.75 Å². The highest BCUT2D eigenvalue weighted by molar-refractivity contribution is 5.20. The molecule has 1 aromatic rings. The van der Waals surface area contributed by atoms with Crippen molar-refractivity contribution in [2.24, 2.45) is 0 Å². The predicted molar refractivity (Wildman–Crippen MR) is 96.0 cm³/mol. The molecular weight excluding hydrogens is 290 g/mol. The van der Waals surface area contributed by atoms with Gasteiger partial charge in [0.05, 0.1) is 6.20 Å². The Bertz CT molecular complexity index is 505. The van der Waals surface area contributed by atoms with Crippen molar-refractivity contribution in [3.05, 3.63) is 28.2 Å². The van der Waals surface area contributed by atoms with Crippen LogP contribution in [0.5, 0.6) is 5.75 Å². The van der Waals surface area contributed by atoms with Gasteiger partial charge in [-0.2, -0.15) is 0 Å². The molecule has 132 valence electrons. The number of pyridine rings is 1. The molecule has 0 saturated carbocycles. The number of aromatic hydroxyl groups is 1. The van der Waals surface area contributed by atoms with Gasteiger partial charge in [0.15, 0.2) is 5.75 Å². The summed E-state index contributed by atoms with van der Waals surface area (Å²) in [4.78, 5) is 16.5. The lowest BCUT2D eigenvalue weighted by atomic mass is 10.2. The van der Waals surface area contributed by atoms with Crippen molar-refractivity contribution in [2.75, 3.05) is 32.7 Å². The van der Waals surface area contributed by atoms with Crippen LogP contribution in [-0.4, -0.2) is 52.2 Å². The van der Waals surface area contributed by atoms with E-state index in [0.717, 1.165) is 64.3 Å². The summed E-state index contributed by atoms with van der Waals surface area (Å²) in [7, 11) is 0. The molecular formula is C18H33N3O2. The average molecular weight is 323 g/mol. The molecule has 0 unspecified atom stereocenters. The third-order valence-corrected chi connectivity index (χ3v) is 4.50. The number of hydrogen-bond acceptors (Lipinski definition) is 4. The minimum absolute atomic E-state index is 0.156. The normalized spacial score (nSPS) is 11.6. The Kier molecular flexibility index (Phi) is 8.95. The van der Waals surface area contributed by atoms with E-state index < -0.39 is 0 Å². The van der Waals surface area contributed by atoms with E-state index in [1.165, 1.54) is 0 Å². The molecule has 0 aliphatic rings. The van der Waals surface area contributed by atoms with E-state index in [-0.39, 0.29) is 11.2 Å². The van der Waals surface area contributed by atoms with Gasteiger partial charge in [-0.3, -0.25) is 9.69 Å². The predicted octanol–water partition coefficient (Wildman–Crippen LogP) is 2.52. The topological polar surface area (TPSA) is 48.7 Å². The minimum atomic E-state index is -0.286. The Morgan fingerprint density at radius 2 is 1.61 bits per heavy atom. The number of unbranched alkanes of at least 4 members (excludes halogenated alkanes) is 1. The first-order valence-electron chi connectivity index (χ1n) is 8.92. The second-order valence-electron chi connectivity index (χ2n) is 5.90. The maximum absolute atomic E-state index is 11.8. The number of hydrogen-bond donors (Lipinski definition) is 1. The second kappa shape index (κ2) is 10.4. The maximum atomic E-state index is 11.8. The van der Waals surface area contributed by atoms with Crippen LogP contribution in [0.4, 0.5) is 0 Å². The van der Waals surface area contributed by atoms with Gasteiger partial charge in [-0.25, -0.2) is 0 Å². The van der Waals surface area contributed by atoms with Gasteiger partial charge in [0, 0.05) is 24.8 Å². The number of nitrogens with zero attached hydrogens (tertiary/aromatic N) is 3. The van der Waals surface area contributed by atoms with E-state index in [4.69, 9.17) is 0 Å². The third-order valence-electron chi connectivity index (χ3n) is 4.50. The molecule has 1 aromatic heterocycles. The first kappa shape index (κ1) is 19.7. The molecule has 0 radical (unpaired) electrons. The fraction of sp³-hybridized carbons (Fsp3) is 0.722. The smallest absolute Gasteiger partial charge is 0.223 e. The van der Waals surface area contributed by atoms with Crippen LogP contribution >= 0.6 is 0 Å². The van der Waals surface area contributed by atoms with Crippen LogP contribution < -0.4 is 5.43 Å². The van der Waals surface area contributed by atoms with Crippen molar-refractivity contribution in [3.63, 3.8) is 0 Å². The summed E-state index contributed by atoms with van der Waals surface area (Å²) < 4.78 is 2.04. The van der Waals surface area contributed by atoms with Gasteiger partial charge in [0.2, 0.25) is 5.43 Å². The van der Waals surface area contributed by atoms with E-state index >= 15 is 0 Å². The summed E-state index contributed by atoms with van der Waals surface area (Å²) >= 11 is 0. The SMILES string of the molecule is CCN(CC)CCCCn1cc(O)c(=O)cc1CN(CC)CC. The first-order chi connectivity index (χ1) is 11.0. The van der Waals surface area contributed by atoms with Crippen LogP contribution in [0.2, 0.25) is 0 Å². The monoisotopic (exact) mass is 323 g/mol. The Hall–Kier alpha value is -1.33. The Balaban J connectivity index is 2.72. The van der Waals surface area contributed by atoms with Crippen LogP contribution in [0, 0.1) is 0 Å². The van der Waals surface area contributed by atoms with Crippen molar-refractivity contribution in [2.45, 2.75) is 53.6 Å². The van der Waals surface area contributed by atoms with Crippen LogP contribution in [0.1, 0.15) is 46.2 Å². The molecule has 0 amide bonds. The van der Waals surface area contributed by atoms with Gasteiger partial charge in [-0.1, -0.05) is 27.7 Å². The first-order valence-corrected chi connectivity index (χ1v) is 8.92. The quantitative estimate of drug-likeness (QED) is 0.636. The summed E-state index contributed by atoms with van der Waals surface area (Å²) in [5.74, 6) is -0.156. The number of aryl methyl sites for hydroxylation is 1. The van der Waals surface area contributed by atoms with Gasteiger partial charge >= 0.3 is 0 Å². The highest BCUT2D eigenvalue weighted by Gasteiger charge is 2.09. The molecule has 5 nitrogen and oxygen atoms in total. The largest absolute Gasteiger partial charge is 0.503 e. The summed E-state index contributed by atoms with van der Waals surface area (Å²) in [6.07, 6.45) is 3.77. The molecule has 0 bridgehead atoms. The van der Waals surface area contributed by atoms with E-state index in [9.17, 15) is 9.90 Å². The van der Waals surface area contributed by atoms with Gasteiger partial charge in [0.25, 0.3) is 0 Å². The minimum Gasteiger partial charge on any atom is -0.503 e. The van der Waals surface area contributed by atoms with Gasteiger partial charge in [-0.05, 0) is 45.6 Å². The summed E-state index contributed by atoms with van der Waals surface area (Å²) in [6.45, 7) is 15.4. The van der Waals surface area contributed by atoms with Crippen LogP contribution in [0.25, 0.3) is 0 Å². The van der Waals surface area contributed by atoms with E-state index in [2.05, 4.69) is 37.5 Å². The molecule has 0 atom stereocenters. The second-order valence-corrected chi connectivity index (χ2v) is 5.90. The molecule has 23 heavy (non-hydrogen) atoms. The highest BCUT2D eigenvalue weighted by atomic mass is 16.3. The zero-order valence-electron chi connectivity index (χ0n) is 15.2. The maximum Gasteiger partial charge on any atom is 0.223 e. The standard InChI is InChI=1S/C18H33N3O2/c1-5-19(6-2)11-9-10-12-21-15-18(23)17(22)13-16(21)14-20(7-3)8-4/h13,15,23H,5-12,14H2,1-4H3. The lowest BCUT2D eigenvalue weighted by molar-refractivity contribution is 0.281. The molecule has 1 N–H and O–H groups in total. The van der Waals surface area contributed by atoms with Crippen LogP contribution in [0.15, 0.2) is 17.1 Å². The average Bonchev–Trinajstić information content (AvgIpc) is 2.56. The fourth-order valence-electron chi connectivity index (χ4n) is 2.78. The van der Waals surface area contributed by atoms with Crippen molar-refractivity contribution in [1.82, 2.24) is 14.4 Å². The molecule has 0 spiro atoms. The fourth-order valence-corrected chi connectivity index (χ4v) is 2.78. The van der Waals surface area contributed by atoms with Gasteiger partial charge in [-0.15, -0.1) is 0 Å². The summed E-state index contributed by atoms with van der Waals surface area (Å²) in [6, 6.07) is 1.58. The van der Waals surface area contributed by atoms with Crippen LogP contribution in [-0.2, 0) is 13.1 Å². The number of rotatable bonds is 11. The van der Waals surface area contributed by atoms with E-state index in [1.807, 2.05) is 4.57 Å². The lowest BCUT2D eigenvalue weighted by Gasteiger charge is -2.22. The lowest BCUT2D eigenvalue weighted by Crippen LogP contribution is -2.26. The highest BCUT2D eigenvalue weighted by Crippen LogP contribution is 2.10. The summed E-state index contributed by atoms with van der Waals surface area (Å²) in [5, 5.41) is 9.74. The molecule has 0 aliphatic heterocycles. The zero-order valence-corrected chi connectivity index (χ0v) is 15.2. The molecule has 5 heteroatoms. The molecule has 0 fully saturated rings. The van der Waals surface area contributed by atoms with E-state index in [1.54, 1.807) is 12.3 Å². The van der Waals surface area contributed by atoms with Crippen molar-refractivity contribution in [1.29, 1.82) is 0 Å². The van der Waals surface area contributed by atoms with Crippen molar-refractivity contribution >= 4 is 0 Å². The number of aromatic nitrogens is 1. The van der Waals surface area contributed by atoms with Gasteiger partial charge < -0.3 is 14.6 Å². The molecule has 0 aromatic carbocycles. The Morgan fingerprint density at radius 3 is 2.17 bits per heavy atom. The van der Waals surface area contributed by atoms with Crippen LogP contribution in [0.3, 0.4) is 0 Å². The van der Waals surface area contributed by atoms with Gasteiger partial charge in [0.1, 0.15) is 0 Å². The zero-order chi connectivity index (χ0) is 17.2. The summed E-state index contributed by atoms with van der Waals surface area (Å²) in [5.41, 5.74) is 0.700. The Labute approximate surface area is 140 Å². The van der Waals surface area contributed by atoms with E-state index in [0.29, 0.717) is 0 Å². The molecule has 1 rings (SSSR count). The third kappa shape index (κ3) is 6.36. The molecule has 0 aliphatic carbocycles. The van der Waals surface area contributed by atoms with Crippen molar-refractivity contribution < 1.29 is 5.11 Å².